The molecule has 1 aliphatic carbocycles. The number of esters is 1. The number of hydrogen-bond donors (Lipinski definition) is 1. The van der Waals surface area contributed by atoms with E-state index in [0.29, 0.717) is 16.2 Å². The van der Waals surface area contributed by atoms with Crippen molar-refractivity contribution in [3.05, 3.63) is 52.6 Å². The number of pyridine rings is 1. The highest BCUT2D eigenvalue weighted by Gasteiger charge is 2.35. The summed E-state index contributed by atoms with van der Waals surface area (Å²) in [4.78, 5) is 30.9. The molecule has 1 aromatic carbocycles. The minimum absolute atomic E-state index is 0.0593. The van der Waals surface area contributed by atoms with Crippen LogP contribution in [0.4, 0.5) is 5.82 Å². The first-order valence-corrected chi connectivity index (χ1v) is 11.8. The molecule has 0 bridgehead atoms. The van der Waals surface area contributed by atoms with E-state index in [1.54, 1.807) is 57.0 Å². The SMILES string of the molecule is CN(CC(=O)OC(C)(C)C)c1nc(SC(C(N)=O)c2ccccc2)c(C#N)c(C2CC2)c1C#N. The van der Waals surface area contributed by atoms with Gasteiger partial charge in [0.1, 0.15) is 40.4 Å². The van der Waals surface area contributed by atoms with Crippen molar-refractivity contribution in [1.29, 1.82) is 10.5 Å². The Kier molecular flexibility index (Phi) is 7.48. The Bertz CT molecular complexity index is 1170. The van der Waals surface area contributed by atoms with Gasteiger partial charge in [-0.1, -0.05) is 42.1 Å². The Balaban J connectivity index is 2.09. The predicted molar refractivity (Wildman–Crippen MR) is 129 cm³/mol. The van der Waals surface area contributed by atoms with Crippen LogP contribution in [0.1, 0.15) is 67.0 Å². The highest BCUT2D eigenvalue weighted by molar-refractivity contribution is 8.00. The van der Waals surface area contributed by atoms with Crippen molar-refractivity contribution in [1.82, 2.24) is 4.98 Å². The number of hydrogen-bond acceptors (Lipinski definition) is 8. The quantitative estimate of drug-likeness (QED) is 0.448. The summed E-state index contributed by atoms with van der Waals surface area (Å²) in [5.41, 5.74) is 6.90. The number of anilines is 1. The lowest BCUT2D eigenvalue weighted by atomic mass is 10.00. The Hall–Kier alpha value is -3.56. The molecule has 1 unspecified atom stereocenters. The Morgan fingerprint density at radius 1 is 1.21 bits per heavy atom. The van der Waals surface area contributed by atoms with Gasteiger partial charge in [-0.15, -0.1) is 0 Å². The van der Waals surface area contributed by atoms with Gasteiger partial charge in [0, 0.05) is 7.05 Å². The first kappa shape index (κ1) is 25.1. The van der Waals surface area contributed by atoms with Crippen molar-refractivity contribution in [3.63, 3.8) is 0 Å². The third-order valence-electron chi connectivity index (χ3n) is 5.13. The van der Waals surface area contributed by atoms with Crippen molar-refractivity contribution in [2.75, 3.05) is 18.5 Å². The minimum Gasteiger partial charge on any atom is -0.459 e. The van der Waals surface area contributed by atoms with E-state index in [1.165, 1.54) is 0 Å². The lowest BCUT2D eigenvalue weighted by Crippen LogP contribution is -2.33. The maximum absolute atomic E-state index is 12.4. The Morgan fingerprint density at radius 3 is 2.32 bits per heavy atom. The van der Waals surface area contributed by atoms with Crippen molar-refractivity contribution in [2.45, 2.75) is 55.4 Å². The molecule has 1 fully saturated rings. The normalized spacial score (nSPS) is 13.9. The number of primary amides is 1. The van der Waals surface area contributed by atoms with Gasteiger partial charge in [0.25, 0.3) is 0 Å². The van der Waals surface area contributed by atoms with Crippen molar-refractivity contribution >= 4 is 29.5 Å². The second-order valence-electron chi connectivity index (χ2n) is 9.16. The molecule has 1 saturated carbocycles. The number of thioether (sulfide) groups is 1. The number of likely N-dealkylation sites (N-methyl/N-ethyl adjacent to an activating group) is 1. The maximum Gasteiger partial charge on any atom is 0.326 e. The molecule has 8 nitrogen and oxygen atoms in total. The first-order chi connectivity index (χ1) is 16.1. The molecule has 34 heavy (non-hydrogen) atoms. The van der Waals surface area contributed by atoms with Crippen LogP contribution in [0.5, 0.6) is 0 Å². The van der Waals surface area contributed by atoms with E-state index in [0.717, 1.165) is 24.6 Å². The zero-order chi connectivity index (χ0) is 25.0. The highest BCUT2D eigenvalue weighted by atomic mass is 32.2. The number of rotatable bonds is 8. The summed E-state index contributed by atoms with van der Waals surface area (Å²) in [6.45, 7) is 5.20. The predicted octanol–water partition coefficient (Wildman–Crippen LogP) is 3.80. The monoisotopic (exact) mass is 477 g/mol. The fourth-order valence-electron chi connectivity index (χ4n) is 3.60. The number of benzene rings is 1. The molecule has 1 amide bonds. The fourth-order valence-corrected chi connectivity index (χ4v) is 4.65. The van der Waals surface area contributed by atoms with Gasteiger partial charge in [0.2, 0.25) is 5.91 Å². The standard InChI is InChI=1S/C25H27N5O3S/c1-25(2,3)33-19(31)14-30(4)23-17(12-26)20(15-10-11-15)18(13-27)24(29-23)34-21(22(28)32)16-8-6-5-7-9-16/h5-9,15,21H,10-11,14H2,1-4H3,(H2,28,32). The lowest BCUT2D eigenvalue weighted by Gasteiger charge is -2.25. The number of nitrogens with zero attached hydrogens (tertiary/aromatic N) is 4. The Morgan fingerprint density at radius 2 is 1.82 bits per heavy atom. The molecule has 0 saturated heterocycles. The molecule has 0 aliphatic heterocycles. The summed E-state index contributed by atoms with van der Waals surface area (Å²) in [6.07, 6.45) is 1.70. The average molecular weight is 478 g/mol. The van der Waals surface area contributed by atoms with Gasteiger partial charge in [-0.25, -0.2) is 4.98 Å². The molecular formula is C25H27N5O3S. The van der Waals surface area contributed by atoms with E-state index in [1.807, 2.05) is 6.07 Å². The van der Waals surface area contributed by atoms with E-state index >= 15 is 0 Å². The fraction of sp³-hybridized carbons (Fsp3) is 0.400. The van der Waals surface area contributed by atoms with Gasteiger partial charge in [-0.05, 0) is 50.7 Å². The van der Waals surface area contributed by atoms with Crippen molar-refractivity contribution in [2.24, 2.45) is 5.73 Å². The van der Waals surface area contributed by atoms with Gasteiger partial charge < -0.3 is 15.4 Å². The zero-order valence-electron chi connectivity index (χ0n) is 19.7. The summed E-state index contributed by atoms with van der Waals surface area (Å²) in [5, 5.41) is 19.5. The van der Waals surface area contributed by atoms with Crippen LogP contribution >= 0.6 is 11.8 Å². The summed E-state index contributed by atoms with van der Waals surface area (Å²) >= 11 is 1.08. The summed E-state index contributed by atoms with van der Waals surface area (Å²) < 4.78 is 5.41. The van der Waals surface area contributed by atoms with Crippen LogP contribution in [0.15, 0.2) is 35.4 Å². The van der Waals surface area contributed by atoms with Crippen LogP contribution in [0.25, 0.3) is 0 Å². The minimum atomic E-state index is -0.773. The van der Waals surface area contributed by atoms with Crippen molar-refractivity contribution < 1.29 is 14.3 Å². The van der Waals surface area contributed by atoms with Crippen LogP contribution in [0.2, 0.25) is 0 Å². The number of nitriles is 2. The number of amides is 1. The lowest BCUT2D eigenvalue weighted by molar-refractivity contribution is -0.152. The van der Waals surface area contributed by atoms with E-state index in [9.17, 15) is 20.1 Å². The van der Waals surface area contributed by atoms with Gasteiger partial charge in [-0.2, -0.15) is 10.5 Å². The molecule has 1 atom stereocenters. The molecule has 0 radical (unpaired) electrons. The molecule has 1 aliphatic rings. The summed E-state index contributed by atoms with van der Waals surface area (Å²) in [5.74, 6) is -0.702. The van der Waals surface area contributed by atoms with Gasteiger partial charge in [-0.3, -0.25) is 9.59 Å². The van der Waals surface area contributed by atoms with E-state index in [-0.39, 0.29) is 29.4 Å². The average Bonchev–Trinajstić information content (AvgIpc) is 3.60. The molecule has 3 rings (SSSR count). The van der Waals surface area contributed by atoms with Crippen LogP contribution in [-0.4, -0.2) is 36.1 Å². The third kappa shape index (κ3) is 5.86. The van der Waals surface area contributed by atoms with Crippen LogP contribution in [-0.2, 0) is 14.3 Å². The second-order valence-corrected chi connectivity index (χ2v) is 10.2. The number of carbonyl (C=O) groups is 2. The van der Waals surface area contributed by atoms with E-state index in [2.05, 4.69) is 17.1 Å². The van der Waals surface area contributed by atoms with E-state index in [4.69, 9.17) is 10.5 Å². The molecule has 1 aromatic heterocycles. The van der Waals surface area contributed by atoms with E-state index < -0.39 is 22.7 Å². The largest absolute Gasteiger partial charge is 0.459 e. The van der Waals surface area contributed by atoms with Crippen molar-refractivity contribution in [3.8, 4) is 12.1 Å². The number of ether oxygens (including phenoxy) is 1. The molecular weight excluding hydrogens is 450 g/mol. The van der Waals surface area contributed by atoms with Crippen LogP contribution in [0.3, 0.4) is 0 Å². The molecule has 1 heterocycles. The molecule has 9 heteroatoms. The molecule has 0 spiro atoms. The molecule has 176 valence electrons. The van der Waals surface area contributed by atoms with Crippen LogP contribution < -0.4 is 10.6 Å². The second kappa shape index (κ2) is 10.1. The first-order valence-electron chi connectivity index (χ1n) is 10.9. The number of carbonyl (C=O) groups excluding carboxylic acids is 2. The van der Waals surface area contributed by atoms with Crippen LogP contribution in [0, 0.1) is 22.7 Å². The topological polar surface area (TPSA) is 133 Å². The smallest absolute Gasteiger partial charge is 0.326 e. The third-order valence-corrected chi connectivity index (χ3v) is 6.39. The molecule has 2 aromatic rings. The number of aromatic nitrogens is 1. The number of nitrogens with two attached hydrogens (primary N) is 1. The Labute approximate surface area is 203 Å². The van der Waals surface area contributed by atoms with Gasteiger partial charge in [0.15, 0.2) is 0 Å². The van der Waals surface area contributed by atoms with Gasteiger partial charge >= 0.3 is 5.97 Å². The highest BCUT2D eigenvalue weighted by Crippen LogP contribution is 2.48. The summed E-state index contributed by atoms with van der Waals surface area (Å²) in [7, 11) is 1.65. The molecule has 2 N–H and O–H groups in total. The van der Waals surface area contributed by atoms with Gasteiger partial charge in [0.05, 0.1) is 11.1 Å². The summed E-state index contributed by atoms with van der Waals surface area (Å²) in [6, 6.07) is 13.4. The zero-order valence-corrected chi connectivity index (χ0v) is 20.5. The maximum atomic E-state index is 12.4.